The first-order valence-electron chi connectivity index (χ1n) is 7.83. The highest BCUT2D eigenvalue weighted by molar-refractivity contribution is 5.67. The summed E-state index contributed by atoms with van der Waals surface area (Å²) < 4.78 is 7.14. The first-order chi connectivity index (χ1) is 10.1. The summed E-state index contributed by atoms with van der Waals surface area (Å²) in [4.78, 5) is 11.7. The summed E-state index contributed by atoms with van der Waals surface area (Å²) in [6.45, 7) is 13.0. The van der Waals surface area contributed by atoms with Crippen molar-refractivity contribution < 1.29 is 9.53 Å². The number of aryl methyl sites for hydroxylation is 2. The number of carbonyl (C=O) groups is 1. The quantitative estimate of drug-likeness (QED) is 0.847. The summed E-state index contributed by atoms with van der Waals surface area (Å²) in [5, 5.41) is 10.7. The maximum absolute atomic E-state index is 11.7. The molecule has 1 aromatic rings. The predicted molar refractivity (Wildman–Crippen MR) is 87.8 cm³/mol. The van der Waals surface area contributed by atoms with E-state index >= 15 is 0 Å². The molecule has 1 amide bonds. The second kappa shape index (κ2) is 7.63. The van der Waals surface area contributed by atoms with E-state index in [1.54, 1.807) is 0 Å². The third-order valence-corrected chi connectivity index (χ3v) is 3.61. The van der Waals surface area contributed by atoms with Gasteiger partial charge in [-0.3, -0.25) is 4.68 Å². The van der Waals surface area contributed by atoms with Crippen molar-refractivity contribution in [3.63, 3.8) is 0 Å². The van der Waals surface area contributed by atoms with Crippen LogP contribution in [-0.2, 0) is 18.3 Å². The molecule has 126 valence electrons. The highest BCUT2D eigenvalue weighted by Crippen LogP contribution is 2.12. The third kappa shape index (κ3) is 5.67. The molecule has 0 bridgehead atoms. The van der Waals surface area contributed by atoms with Crippen molar-refractivity contribution in [1.29, 1.82) is 0 Å². The number of ether oxygens (including phenoxy) is 1. The molecule has 6 nitrogen and oxygen atoms in total. The maximum atomic E-state index is 11.7. The smallest absolute Gasteiger partial charge is 0.407 e. The lowest BCUT2D eigenvalue weighted by Gasteiger charge is -2.22. The molecule has 0 aliphatic carbocycles. The molecule has 1 rings (SSSR count). The van der Waals surface area contributed by atoms with Crippen LogP contribution in [0.4, 0.5) is 4.79 Å². The van der Waals surface area contributed by atoms with Crippen LogP contribution < -0.4 is 10.6 Å². The average Bonchev–Trinajstić information content (AvgIpc) is 2.62. The van der Waals surface area contributed by atoms with Crippen molar-refractivity contribution in [2.24, 2.45) is 7.05 Å². The Kier molecular flexibility index (Phi) is 6.41. The van der Waals surface area contributed by atoms with E-state index in [1.807, 2.05) is 39.4 Å². The predicted octanol–water partition coefficient (Wildman–Crippen LogP) is 2.43. The van der Waals surface area contributed by atoms with Crippen LogP contribution in [0.1, 0.15) is 51.1 Å². The second-order valence-electron chi connectivity index (χ2n) is 6.64. The highest BCUT2D eigenvalue weighted by atomic mass is 16.6. The van der Waals surface area contributed by atoms with Gasteiger partial charge in [0.15, 0.2) is 0 Å². The molecule has 0 spiro atoms. The van der Waals surface area contributed by atoms with Crippen LogP contribution in [0.15, 0.2) is 0 Å². The van der Waals surface area contributed by atoms with Gasteiger partial charge in [-0.2, -0.15) is 5.10 Å². The molecule has 0 radical (unpaired) electrons. The maximum Gasteiger partial charge on any atom is 0.407 e. The monoisotopic (exact) mass is 310 g/mol. The number of amides is 1. The second-order valence-corrected chi connectivity index (χ2v) is 6.64. The average molecular weight is 310 g/mol. The fourth-order valence-corrected chi connectivity index (χ4v) is 2.20. The van der Waals surface area contributed by atoms with Crippen molar-refractivity contribution in [3.05, 3.63) is 17.0 Å². The number of hydrogen-bond acceptors (Lipinski definition) is 4. The minimum Gasteiger partial charge on any atom is -0.444 e. The number of hydrogen-bond donors (Lipinski definition) is 2. The van der Waals surface area contributed by atoms with Crippen molar-refractivity contribution in [3.8, 4) is 0 Å². The third-order valence-electron chi connectivity index (χ3n) is 3.61. The topological polar surface area (TPSA) is 68.2 Å². The Morgan fingerprint density at radius 1 is 1.36 bits per heavy atom. The van der Waals surface area contributed by atoms with Gasteiger partial charge in [0.1, 0.15) is 5.60 Å². The molecule has 0 fully saturated rings. The first-order valence-corrected chi connectivity index (χ1v) is 7.83. The lowest BCUT2D eigenvalue weighted by Crippen LogP contribution is -2.42. The fraction of sp³-hybridized carbons (Fsp3) is 0.750. The lowest BCUT2D eigenvalue weighted by atomic mass is 10.1. The zero-order valence-electron chi connectivity index (χ0n) is 14.9. The Hall–Kier alpha value is -1.56. The molecule has 1 atom stereocenters. The minimum atomic E-state index is -0.469. The molecule has 2 N–H and O–H groups in total. The number of aromatic nitrogens is 2. The Morgan fingerprint density at radius 2 is 2.00 bits per heavy atom. The molecule has 1 unspecified atom stereocenters. The van der Waals surface area contributed by atoms with Gasteiger partial charge in [0.25, 0.3) is 0 Å². The molecule has 0 saturated carbocycles. The number of rotatable bonds is 6. The number of carbonyl (C=O) groups excluding carboxylic acids is 1. The highest BCUT2D eigenvalue weighted by Gasteiger charge is 2.17. The molecular weight excluding hydrogens is 280 g/mol. The van der Waals surface area contributed by atoms with Gasteiger partial charge in [0.05, 0.1) is 5.69 Å². The van der Waals surface area contributed by atoms with Gasteiger partial charge in [-0.25, -0.2) is 4.79 Å². The van der Waals surface area contributed by atoms with Crippen LogP contribution >= 0.6 is 0 Å². The van der Waals surface area contributed by atoms with Gasteiger partial charge in [0, 0.05) is 37.4 Å². The van der Waals surface area contributed by atoms with Gasteiger partial charge in [-0.05, 0) is 41.0 Å². The molecule has 22 heavy (non-hydrogen) atoms. The zero-order valence-corrected chi connectivity index (χ0v) is 14.9. The summed E-state index contributed by atoms with van der Waals surface area (Å²) in [7, 11) is 1.95. The first kappa shape index (κ1) is 18.5. The van der Waals surface area contributed by atoms with Crippen LogP contribution in [-0.4, -0.2) is 34.1 Å². The summed E-state index contributed by atoms with van der Waals surface area (Å²) in [6.07, 6.45) is 0.551. The number of alkyl carbamates (subject to hydrolysis) is 1. The van der Waals surface area contributed by atoms with Crippen molar-refractivity contribution >= 4 is 6.09 Å². The molecule has 6 heteroatoms. The number of nitrogens with one attached hydrogen (secondary N) is 2. The SMILES string of the molecule is CCC(CNC(=O)OC(C)(C)C)NCc1c(C)nn(C)c1C. The Bertz CT molecular complexity index is 503. The summed E-state index contributed by atoms with van der Waals surface area (Å²) in [5.74, 6) is 0. The molecule has 1 aromatic heterocycles. The molecule has 0 aliphatic heterocycles. The van der Waals surface area contributed by atoms with Crippen LogP contribution in [0.5, 0.6) is 0 Å². The van der Waals surface area contributed by atoms with Gasteiger partial charge >= 0.3 is 6.09 Å². The van der Waals surface area contributed by atoms with Crippen LogP contribution in [0.3, 0.4) is 0 Å². The summed E-state index contributed by atoms with van der Waals surface area (Å²) in [6, 6.07) is 0.200. The van der Waals surface area contributed by atoms with Gasteiger partial charge in [0.2, 0.25) is 0 Å². The van der Waals surface area contributed by atoms with E-state index in [0.717, 1.165) is 18.7 Å². The van der Waals surface area contributed by atoms with E-state index in [9.17, 15) is 4.79 Å². The molecule has 0 aliphatic rings. The zero-order chi connectivity index (χ0) is 16.9. The lowest BCUT2D eigenvalue weighted by molar-refractivity contribution is 0.0522. The van der Waals surface area contributed by atoms with Crippen molar-refractivity contribution in [2.75, 3.05) is 6.54 Å². The van der Waals surface area contributed by atoms with Crippen LogP contribution in [0.2, 0.25) is 0 Å². The van der Waals surface area contributed by atoms with Gasteiger partial charge < -0.3 is 15.4 Å². The summed E-state index contributed by atoms with van der Waals surface area (Å²) >= 11 is 0. The molecule has 1 heterocycles. The number of nitrogens with zero attached hydrogens (tertiary/aromatic N) is 2. The Labute approximate surface area is 133 Å². The van der Waals surface area contributed by atoms with Gasteiger partial charge in [-0.1, -0.05) is 6.92 Å². The Balaban J connectivity index is 2.47. The fourth-order valence-electron chi connectivity index (χ4n) is 2.20. The largest absolute Gasteiger partial charge is 0.444 e. The van der Waals surface area contributed by atoms with E-state index in [0.29, 0.717) is 6.54 Å². The van der Waals surface area contributed by atoms with E-state index in [2.05, 4.69) is 29.6 Å². The van der Waals surface area contributed by atoms with E-state index in [4.69, 9.17) is 4.74 Å². The molecular formula is C16H30N4O2. The normalized spacial score (nSPS) is 13.0. The minimum absolute atomic E-state index is 0.200. The van der Waals surface area contributed by atoms with E-state index in [-0.39, 0.29) is 12.1 Å². The van der Waals surface area contributed by atoms with Crippen molar-refractivity contribution in [2.45, 2.75) is 66.2 Å². The van der Waals surface area contributed by atoms with Gasteiger partial charge in [-0.15, -0.1) is 0 Å². The van der Waals surface area contributed by atoms with Crippen LogP contribution in [0.25, 0.3) is 0 Å². The molecule has 0 aromatic carbocycles. The van der Waals surface area contributed by atoms with Crippen LogP contribution in [0, 0.1) is 13.8 Å². The van der Waals surface area contributed by atoms with E-state index < -0.39 is 5.60 Å². The standard InChI is InChI=1S/C16H30N4O2/c1-8-13(9-18-15(21)22-16(4,5)6)17-10-14-11(2)19-20(7)12(14)3/h13,17H,8-10H2,1-7H3,(H,18,21). The van der Waals surface area contributed by atoms with Crippen molar-refractivity contribution in [1.82, 2.24) is 20.4 Å². The summed E-state index contributed by atoms with van der Waals surface area (Å²) in [5.41, 5.74) is 2.96. The van der Waals surface area contributed by atoms with E-state index in [1.165, 1.54) is 11.3 Å². The molecule has 0 saturated heterocycles. The Morgan fingerprint density at radius 3 is 2.45 bits per heavy atom.